The van der Waals surface area contributed by atoms with Crippen molar-refractivity contribution in [3.05, 3.63) is 0 Å². The lowest BCUT2D eigenvalue weighted by Gasteiger charge is -2.51. The maximum absolute atomic E-state index is 6.28. The molecule has 0 amide bonds. The lowest BCUT2D eigenvalue weighted by molar-refractivity contribution is 0.00776. The Morgan fingerprint density at radius 2 is 1.80 bits per heavy atom. The van der Waals surface area contributed by atoms with Gasteiger partial charge in [0.25, 0.3) is 0 Å². The second kappa shape index (κ2) is 6.36. The van der Waals surface area contributed by atoms with Crippen LogP contribution < -0.4 is 5.73 Å². The molecule has 0 spiro atoms. The number of nitrogens with zero attached hydrogens (tertiary/aromatic N) is 1. The molecular weight excluding hydrogens is 244 g/mol. The van der Waals surface area contributed by atoms with E-state index < -0.39 is 0 Å². The quantitative estimate of drug-likeness (QED) is 0.818. The summed E-state index contributed by atoms with van der Waals surface area (Å²) in [5.41, 5.74) is 7.12. The first-order chi connectivity index (χ1) is 9.49. The van der Waals surface area contributed by atoms with Gasteiger partial charge in [0, 0.05) is 18.1 Å². The molecule has 118 valence electrons. The van der Waals surface area contributed by atoms with E-state index in [1.165, 1.54) is 57.9 Å². The van der Waals surface area contributed by atoms with Crippen LogP contribution in [0.25, 0.3) is 0 Å². The molecule has 0 aromatic rings. The molecule has 2 rings (SSSR count). The van der Waals surface area contributed by atoms with Gasteiger partial charge < -0.3 is 5.73 Å². The second-order valence-electron chi connectivity index (χ2n) is 7.94. The third-order valence-electron chi connectivity index (χ3n) is 6.77. The van der Waals surface area contributed by atoms with E-state index in [1.807, 2.05) is 0 Å². The van der Waals surface area contributed by atoms with Crippen molar-refractivity contribution in [3.63, 3.8) is 0 Å². The SMILES string of the molecule is CCC1CCCN1C1(CN)CCC(C(C)(C)CC)CC1. The molecule has 1 heterocycles. The van der Waals surface area contributed by atoms with Gasteiger partial charge in [0.2, 0.25) is 0 Å². The Morgan fingerprint density at radius 3 is 2.30 bits per heavy atom. The first kappa shape index (κ1) is 16.3. The van der Waals surface area contributed by atoms with Crippen molar-refractivity contribution in [2.75, 3.05) is 13.1 Å². The highest BCUT2D eigenvalue weighted by atomic mass is 15.3. The van der Waals surface area contributed by atoms with Gasteiger partial charge in [0.15, 0.2) is 0 Å². The average molecular weight is 280 g/mol. The smallest absolute Gasteiger partial charge is 0.0334 e. The Morgan fingerprint density at radius 1 is 1.15 bits per heavy atom. The van der Waals surface area contributed by atoms with Crippen molar-refractivity contribution < 1.29 is 0 Å². The molecule has 1 unspecified atom stereocenters. The maximum atomic E-state index is 6.28. The fraction of sp³-hybridized carbons (Fsp3) is 1.00. The van der Waals surface area contributed by atoms with Crippen LogP contribution in [0.3, 0.4) is 0 Å². The average Bonchev–Trinajstić information content (AvgIpc) is 2.96. The minimum absolute atomic E-state index is 0.331. The van der Waals surface area contributed by atoms with Gasteiger partial charge in [-0.15, -0.1) is 0 Å². The lowest BCUT2D eigenvalue weighted by Crippen LogP contribution is -2.57. The van der Waals surface area contributed by atoms with E-state index >= 15 is 0 Å². The van der Waals surface area contributed by atoms with Crippen LogP contribution in [0.15, 0.2) is 0 Å². The molecule has 2 fully saturated rings. The molecule has 0 aromatic heterocycles. The number of hydrogen-bond donors (Lipinski definition) is 1. The minimum Gasteiger partial charge on any atom is -0.329 e. The van der Waals surface area contributed by atoms with Gasteiger partial charge in [0.05, 0.1) is 0 Å². The van der Waals surface area contributed by atoms with Crippen molar-refractivity contribution in [1.82, 2.24) is 4.90 Å². The summed E-state index contributed by atoms with van der Waals surface area (Å²) in [4.78, 5) is 2.81. The van der Waals surface area contributed by atoms with E-state index in [2.05, 4.69) is 32.6 Å². The standard InChI is InChI=1S/C18H36N2/c1-5-16-8-7-13-20(16)18(14-19)11-9-15(10-12-18)17(3,4)6-2/h15-16H,5-14,19H2,1-4H3. The number of nitrogens with two attached hydrogens (primary N) is 1. The first-order valence-corrected chi connectivity index (χ1v) is 8.96. The van der Waals surface area contributed by atoms with Crippen LogP contribution in [0.1, 0.15) is 79.1 Å². The molecule has 1 saturated carbocycles. The molecule has 2 aliphatic rings. The molecule has 2 nitrogen and oxygen atoms in total. The van der Waals surface area contributed by atoms with Crippen LogP contribution in [-0.4, -0.2) is 29.6 Å². The van der Waals surface area contributed by atoms with Gasteiger partial charge in [-0.1, -0.05) is 34.1 Å². The van der Waals surface area contributed by atoms with Crippen LogP contribution in [0, 0.1) is 11.3 Å². The predicted molar refractivity (Wildman–Crippen MR) is 87.8 cm³/mol. The Kier molecular flexibility index (Phi) is 5.18. The van der Waals surface area contributed by atoms with Gasteiger partial charge in [-0.2, -0.15) is 0 Å². The molecule has 0 aromatic carbocycles. The van der Waals surface area contributed by atoms with Crippen molar-refractivity contribution in [3.8, 4) is 0 Å². The van der Waals surface area contributed by atoms with Crippen LogP contribution in [0.5, 0.6) is 0 Å². The van der Waals surface area contributed by atoms with E-state index in [4.69, 9.17) is 5.73 Å². The summed E-state index contributed by atoms with van der Waals surface area (Å²) in [6.07, 6.45) is 10.8. The molecule has 2 heteroatoms. The number of hydrogen-bond acceptors (Lipinski definition) is 2. The van der Waals surface area contributed by atoms with Gasteiger partial charge in [-0.25, -0.2) is 0 Å². The van der Waals surface area contributed by atoms with Gasteiger partial charge >= 0.3 is 0 Å². The third-order valence-corrected chi connectivity index (χ3v) is 6.77. The summed E-state index contributed by atoms with van der Waals surface area (Å²) in [7, 11) is 0. The molecule has 0 radical (unpaired) electrons. The number of rotatable bonds is 5. The van der Waals surface area contributed by atoms with Crippen LogP contribution in [-0.2, 0) is 0 Å². The van der Waals surface area contributed by atoms with E-state index in [0.717, 1.165) is 18.5 Å². The monoisotopic (exact) mass is 280 g/mol. The van der Waals surface area contributed by atoms with Gasteiger partial charge in [-0.3, -0.25) is 4.90 Å². The van der Waals surface area contributed by atoms with Crippen LogP contribution in [0.4, 0.5) is 0 Å². The molecule has 1 atom stereocenters. The third kappa shape index (κ3) is 2.92. The summed E-state index contributed by atoms with van der Waals surface area (Å²) in [6, 6.07) is 0.800. The molecule has 20 heavy (non-hydrogen) atoms. The summed E-state index contributed by atoms with van der Waals surface area (Å²) < 4.78 is 0. The zero-order chi connectivity index (χ0) is 14.8. The van der Waals surface area contributed by atoms with Crippen molar-refractivity contribution in [2.24, 2.45) is 17.1 Å². The fourth-order valence-corrected chi connectivity index (χ4v) is 4.72. The van der Waals surface area contributed by atoms with E-state index in [9.17, 15) is 0 Å². The first-order valence-electron chi connectivity index (χ1n) is 8.96. The van der Waals surface area contributed by atoms with Gasteiger partial charge in [-0.05, 0) is 62.8 Å². The normalized spacial score (nSPS) is 36.5. The van der Waals surface area contributed by atoms with Crippen LogP contribution >= 0.6 is 0 Å². The predicted octanol–water partition coefficient (Wildman–Crippen LogP) is 4.18. The summed E-state index contributed by atoms with van der Waals surface area (Å²) in [5.74, 6) is 0.898. The zero-order valence-corrected chi connectivity index (χ0v) is 14.3. The Bertz CT molecular complexity index is 303. The Balaban J connectivity index is 2.05. The zero-order valence-electron chi connectivity index (χ0n) is 14.3. The highest BCUT2D eigenvalue weighted by Gasteiger charge is 2.45. The molecule has 2 N–H and O–H groups in total. The van der Waals surface area contributed by atoms with Crippen molar-refractivity contribution in [1.29, 1.82) is 0 Å². The summed E-state index contributed by atoms with van der Waals surface area (Å²) in [6.45, 7) is 11.8. The highest BCUT2D eigenvalue weighted by Crippen LogP contribution is 2.46. The summed E-state index contributed by atoms with van der Waals surface area (Å²) >= 11 is 0. The van der Waals surface area contributed by atoms with E-state index in [0.29, 0.717) is 11.0 Å². The number of likely N-dealkylation sites (tertiary alicyclic amines) is 1. The highest BCUT2D eigenvalue weighted by molar-refractivity contribution is 5.01. The molecule has 1 saturated heterocycles. The maximum Gasteiger partial charge on any atom is 0.0334 e. The molecular formula is C18H36N2. The van der Waals surface area contributed by atoms with Gasteiger partial charge in [0.1, 0.15) is 0 Å². The second-order valence-corrected chi connectivity index (χ2v) is 7.94. The topological polar surface area (TPSA) is 29.3 Å². The Hall–Kier alpha value is -0.0800. The summed E-state index contributed by atoms with van der Waals surface area (Å²) in [5, 5.41) is 0. The molecule has 1 aliphatic carbocycles. The fourth-order valence-electron chi connectivity index (χ4n) is 4.72. The van der Waals surface area contributed by atoms with E-state index in [1.54, 1.807) is 0 Å². The van der Waals surface area contributed by atoms with Crippen molar-refractivity contribution >= 4 is 0 Å². The van der Waals surface area contributed by atoms with Crippen LogP contribution in [0.2, 0.25) is 0 Å². The largest absolute Gasteiger partial charge is 0.329 e. The minimum atomic E-state index is 0.331. The lowest BCUT2D eigenvalue weighted by atomic mass is 9.65. The molecule has 0 bridgehead atoms. The van der Waals surface area contributed by atoms with Crippen molar-refractivity contribution in [2.45, 2.75) is 90.6 Å². The Labute approximate surface area is 126 Å². The molecule has 1 aliphatic heterocycles. The van der Waals surface area contributed by atoms with E-state index in [-0.39, 0.29) is 0 Å².